The number of nitrogens with two attached hydrogens (primary N) is 1. The van der Waals surface area contributed by atoms with Crippen LogP contribution in [0.1, 0.15) is 26.3 Å². The fraction of sp³-hybridized carbons (Fsp3) is 0.625. The van der Waals surface area contributed by atoms with Crippen LogP contribution in [0.4, 0.5) is 0 Å². The Balaban J connectivity index is 2.83. The maximum atomic E-state index is 9.26. The Kier molecular flexibility index (Phi) is 6.46. The minimum absolute atomic E-state index is 0.170. The summed E-state index contributed by atoms with van der Waals surface area (Å²) in [4.78, 5) is 0. The third-order valence-corrected chi connectivity index (χ3v) is 3.94. The van der Waals surface area contributed by atoms with Gasteiger partial charge in [-0.05, 0) is 37.8 Å². The van der Waals surface area contributed by atoms with Gasteiger partial charge in [0.2, 0.25) is 0 Å². The van der Waals surface area contributed by atoms with Crippen LogP contribution in [0.5, 0.6) is 5.75 Å². The first-order valence-electron chi connectivity index (χ1n) is 7.16. The number of nitrogens with one attached hydrogen (secondary N) is 1. The average molecular weight is 280 g/mol. The molecule has 114 valence electrons. The highest BCUT2D eigenvalue weighted by Crippen LogP contribution is 2.23. The van der Waals surface area contributed by atoms with Gasteiger partial charge in [-0.15, -0.1) is 0 Å². The van der Waals surface area contributed by atoms with Gasteiger partial charge >= 0.3 is 0 Å². The standard InChI is InChI=1S/C16H28N2O2/c1-12(10-19)13(2)18-16(3,11-17)9-14-7-5-6-8-15(14)20-4/h5-8,12-13,18-19H,9-11,17H2,1-4H3. The second kappa shape index (κ2) is 7.62. The summed E-state index contributed by atoms with van der Waals surface area (Å²) < 4.78 is 5.40. The number of benzene rings is 1. The van der Waals surface area contributed by atoms with Crippen molar-refractivity contribution in [2.24, 2.45) is 11.7 Å². The lowest BCUT2D eigenvalue weighted by molar-refractivity contribution is 0.184. The van der Waals surface area contributed by atoms with Crippen molar-refractivity contribution in [1.82, 2.24) is 5.32 Å². The third kappa shape index (κ3) is 4.47. The second-order valence-electron chi connectivity index (χ2n) is 5.85. The van der Waals surface area contributed by atoms with E-state index < -0.39 is 0 Å². The lowest BCUT2D eigenvalue weighted by atomic mass is 9.90. The molecular formula is C16H28N2O2. The van der Waals surface area contributed by atoms with Crippen molar-refractivity contribution in [2.45, 2.75) is 38.8 Å². The highest BCUT2D eigenvalue weighted by Gasteiger charge is 2.27. The molecule has 4 nitrogen and oxygen atoms in total. The first-order chi connectivity index (χ1) is 9.45. The zero-order chi connectivity index (χ0) is 15.2. The summed E-state index contributed by atoms with van der Waals surface area (Å²) in [5, 5.41) is 12.8. The molecule has 3 atom stereocenters. The molecule has 3 unspecified atom stereocenters. The molecule has 0 fully saturated rings. The number of aliphatic hydroxyl groups excluding tert-OH is 1. The monoisotopic (exact) mass is 280 g/mol. The van der Waals surface area contributed by atoms with Crippen LogP contribution >= 0.6 is 0 Å². The number of methoxy groups -OCH3 is 1. The molecule has 0 aliphatic carbocycles. The molecule has 0 aromatic heterocycles. The molecule has 4 N–H and O–H groups in total. The number of rotatable bonds is 8. The quantitative estimate of drug-likeness (QED) is 0.676. The summed E-state index contributed by atoms with van der Waals surface area (Å²) in [6.07, 6.45) is 0.788. The lowest BCUT2D eigenvalue weighted by Gasteiger charge is -2.35. The van der Waals surface area contributed by atoms with Crippen LogP contribution in [0.2, 0.25) is 0 Å². The zero-order valence-electron chi connectivity index (χ0n) is 13.0. The molecule has 0 radical (unpaired) electrons. The van der Waals surface area contributed by atoms with Crippen LogP contribution in [0.15, 0.2) is 24.3 Å². The molecule has 0 spiro atoms. The minimum atomic E-state index is -0.225. The normalized spacial score (nSPS) is 17.3. The Bertz CT molecular complexity index is 411. The van der Waals surface area contributed by atoms with Crippen molar-refractivity contribution >= 4 is 0 Å². The molecule has 0 aliphatic rings. The molecule has 0 bridgehead atoms. The molecule has 1 rings (SSSR count). The van der Waals surface area contributed by atoms with Crippen LogP contribution in [-0.2, 0) is 6.42 Å². The van der Waals surface area contributed by atoms with Gasteiger partial charge in [-0.25, -0.2) is 0 Å². The van der Waals surface area contributed by atoms with E-state index in [4.69, 9.17) is 10.5 Å². The van der Waals surface area contributed by atoms with E-state index in [1.54, 1.807) is 7.11 Å². The highest BCUT2D eigenvalue weighted by atomic mass is 16.5. The molecule has 4 heteroatoms. The first kappa shape index (κ1) is 17.0. The van der Waals surface area contributed by atoms with E-state index in [9.17, 15) is 5.11 Å². The third-order valence-electron chi connectivity index (χ3n) is 3.94. The fourth-order valence-electron chi connectivity index (χ4n) is 2.30. The summed E-state index contributed by atoms with van der Waals surface area (Å²) >= 11 is 0. The predicted octanol–water partition coefficient (Wildman–Crippen LogP) is 1.56. The van der Waals surface area contributed by atoms with Gasteiger partial charge in [0.05, 0.1) is 7.11 Å². The van der Waals surface area contributed by atoms with Gasteiger partial charge in [0.25, 0.3) is 0 Å². The van der Waals surface area contributed by atoms with Crippen molar-refractivity contribution in [3.05, 3.63) is 29.8 Å². The fourth-order valence-corrected chi connectivity index (χ4v) is 2.30. The molecule has 20 heavy (non-hydrogen) atoms. The second-order valence-corrected chi connectivity index (χ2v) is 5.85. The summed E-state index contributed by atoms with van der Waals surface area (Å²) in [6.45, 7) is 6.91. The van der Waals surface area contributed by atoms with Gasteiger partial charge in [-0.3, -0.25) is 0 Å². The number of ether oxygens (including phenoxy) is 1. The molecule has 0 saturated heterocycles. The molecule has 0 aliphatic heterocycles. The van der Waals surface area contributed by atoms with Gasteiger partial charge in [0, 0.05) is 24.7 Å². The zero-order valence-corrected chi connectivity index (χ0v) is 13.0. The number of hydrogen-bond donors (Lipinski definition) is 3. The molecule has 0 amide bonds. The SMILES string of the molecule is COc1ccccc1CC(C)(CN)NC(C)C(C)CO. The van der Waals surface area contributed by atoms with Crippen LogP contribution in [0.3, 0.4) is 0 Å². The van der Waals surface area contributed by atoms with Crippen molar-refractivity contribution in [2.75, 3.05) is 20.3 Å². The van der Waals surface area contributed by atoms with Crippen LogP contribution in [0, 0.1) is 5.92 Å². The van der Waals surface area contributed by atoms with Gasteiger partial charge in [0.1, 0.15) is 5.75 Å². The summed E-state index contributed by atoms with van der Waals surface area (Å²) in [5.74, 6) is 1.08. The van der Waals surface area contributed by atoms with Gasteiger partial charge in [-0.1, -0.05) is 25.1 Å². The van der Waals surface area contributed by atoms with Crippen LogP contribution in [0.25, 0.3) is 0 Å². The van der Waals surface area contributed by atoms with Crippen molar-refractivity contribution in [3.8, 4) is 5.75 Å². The maximum Gasteiger partial charge on any atom is 0.122 e. The summed E-state index contributed by atoms with van der Waals surface area (Å²) in [7, 11) is 1.68. The van der Waals surface area contributed by atoms with Gasteiger partial charge in [0.15, 0.2) is 0 Å². The Morgan fingerprint density at radius 2 is 2.00 bits per heavy atom. The first-order valence-corrected chi connectivity index (χ1v) is 7.16. The molecule has 0 heterocycles. The topological polar surface area (TPSA) is 67.5 Å². The Morgan fingerprint density at radius 1 is 1.35 bits per heavy atom. The van der Waals surface area contributed by atoms with E-state index >= 15 is 0 Å². The Hall–Kier alpha value is -1.10. The van der Waals surface area contributed by atoms with Crippen molar-refractivity contribution in [1.29, 1.82) is 0 Å². The van der Waals surface area contributed by atoms with E-state index in [0.29, 0.717) is 6.54 Å². The molecular weight excluding hydrogens is 252 g/mol. The molecule has 1 aromatic carbocycles. The van der Waals surface area contributed by atoms with Crippen LogP contribution < -0.4 is 15.8 Å². The summed E-state index contributed by atoms with van der Waals surface area (Å²) in [5.41, 5.74) is 6.88. The van der Waals surface area contributed by atoms with E-state index in [0.717, 1.165) is 17.7 Å². The number of hydrogen-bond acceptors (Lipinski definition) is 4. The van der Waals surface area contributed by atoms with E-state index in [-0.39, 0.29) is 24.1 Å². The number of para-hydroxylation sites is 1. The Labute approximate surface area is 122 Å². The highest BCUT2D eigenvalue weighted by molar-refractivity contribution is 5.34. The Morgan fingerprint density at radius 3 is 2.55 bits per heavy atom. The summed E-state index contributed by atoms with van der Waals surface area (Å²) in [6, 6.07) is 8.20. The molecule has 0 saturated carbocycles. The van der Waals surface area contributed by atoms with Crippen LogP contribution in [-0.4, -0.2) is 36.9 Å². The number of aliphatic hydroxyl groups is 1. The maximum absolute atomic E-state index is 9.26. The van der Waals surface area contributed by atoms with E-state index in [1.165, 1.54) is 0 Å². The largest absolute Gasteiger partial charge is 0.496 e. The predicted molar refractivity (Wildman–Crippen MR) is 83.0 cm³/mol. The molecule has 1 aromatic rings. The van der Waals surface area contributed by atoms with Gasteiger partial charge in [-0.2, -0.15) is 0 Å². The van der Waals surface area contributed by atoms with E-state index in [1.807, 2.05) is 25.1 Å². The minimum Gasteiger partial charge on any atom is -0.496 e. The average Bonchev–Trinajstić information content (AvgIpc) is 2.46. The van der Waals surface area contributed by atoms with Crippen molar-refractivity contribution < 1.29 is 9.84 Å². The van der Waals surface area contributed by atoms with E-state index in [2.05, 4.69) is 25.2 Å². The van der Waals surface area contributed by atoms with Crippen molar-refractivity contribution in [3.63, 3.8) is 0 Å². The van der Waals surface area contributed by atoms with Gasteiger partial charge < -0.3 is 20.9 Å². The smallest absolute Gasteiger partial charge is 0.122 e. The lowest BCUT2D eigenvalue weighted by Crippen LogP contribution is -2.55.